The molecule has 26 heavy (non-hydrogen) atoms. The first-order valence-electron chi connectivity index (χ1n) is 7.52. The third-order valence-corrected chi connectivity index (χ3v) is 6.11. The Morgan fingerprint density at radius 3 is 2.54 bits per heavy atom. The summed E-state index contributed by atoms with van der Waals surface area (Å²) in [5.41, 5.74) is 10.6. The number of thiophene rings is 1. The van der Waals surface area contributed by atoms with Crippen molar-refractivity contribution < 1.29 is 13.8 Å². The zero-order chi connectivity index (χ0) is 19.7. The van der Waals surface area contributed by atoms with Gasteiger partial charge in [0.25, 0.3) is 0 Å². The summed E-state index contributed by atoms with van der Waals surface area (Å²) < 4.78 is 15.7. The monoisotopic (exact) mass is 435 g/mol. The standard InChI is InChI=1S/C10H14ClN2O2S2.C5H6N2OS/c1-6(2)3-8(12)10(14)13-17(15)9-4-7(11)5-16-9;6-4(8)3-5-7-1-2-9-5/h4-6,8H,3,12H2,1-2H3;1-2H,3H2,(H2,6,8)/q-1;/t8-;/m0./s1. The van der Waals surface area contributed by atoms with Crippen LogP contribution in [-0.2, 0) is 30.8 Å². The lowest BCUT2D eigenvalue weighted by molar-refractivity contribution is -0.119. The molecule has 0 aliphatic carbocycles. The van der Waals surface area contributed by atoms with Gasteiger partial charge in [-0.25, -0.2) is 4.98 Å². The van der Waals surface area contributed by atoms with Crippen LogP contribution in [0.4, 0.5) is 0 Å². The predicted molar refractivity (Wildman–Crippen MR) is 106 cm³/mol. The first kappa shape index (κ1) is 22.7. The highest BCUT2D eigenvalue weighted by atomic mass is 35.5. The molecule has 0 spiro atoms. The van der Waals surface area contributed by atoms with Crippen molar-refractivity contribution in [3.8, 4) is 0 Å². The van der Waals surface area contributed by atoms with E-state index in [9.17, 15) is 13.8 Å². The lowest BCUT2D eigenvalue weighted by Gasteiger charge is -2.11. The Morgan fingerprint density at radius 2 is 2.08 bits per heavy atom. The summed E-state index contributed by atoms with van der Waals surface area (Å²) in [7, 11) is -1.70. The molecule has 0 saturated heterocycles. The van der Waals surface area contributed by atoms with E-state index in [4.69, 9.17) is 23.1 Å². The molecule has 2 aromatic rings. The molecule has 2 heterocycles. The number of thiazole rings is 1. The van der Waals surface area contributed by atoms with E-state index in [0.717, 1.165) is 5.01 Å². The largest absolute Gasteiger partial charge is 0.439 e. The summed E-state index contributed by atoms with van der Waals surface area (Å²) in [6, 6.07) is 0.849. The molecule has 4 N–H and O–H groups in total. The van der Waals surface area contributed by atoms with Crippen molar-refractivity contribution in [3.63, 3.8) is 0 Å². The molecule has 0 unspecified atom stereocenters. The molecule has 0 bridgehead atoms. The summed E-state index contributed by atoms with van der Waals surface area (Å²) >= 11 is 8.34. The SMILES string of the molecule is CC(C)C[C@H](N)C(=O)N=[S-](=O)c1cc(Cl)cs1.NC(=O)Cc1nccs1. The van der Waals surface area contributed by atoms with E-state index in [1.54, 1.807) is 11.6 Å². The number of rotatable bonds is 6. The average molecular weight is 436 g/mol. The van der Waals surface area contributed by atoms with Crippen LogP contribution in [0, 0.1) is 5.92 Å². The number of hydrogen-bond donors (Lipinski definition) is 2. The molecule has 0 aliphatic heterocycles. The first-order valence-corrected chi connectivity index (χ1v) is 10.8. The summed E-state index contributed by atoms with van der Waals surface area (Å²) in [4.78, 5) is 25.7. The Morgan fingerprint density at radius 1 is 1.38 bits per heavy atom. The zero-order valence-electron chi connectivity index (χ0n) is 14.3. The lowest BCUT2D eigenvalue weighted by atomic mass is 10.0. The molecule has 0 saturated carbocycles. The predicted octanol–water partition coefficient (Wildman–Crippen LogP) is 2.98. The number of amides is 2. The van der Waals surface area contributed by atoms with Crippen LogP contribution in [0.15, 0.2) is 31.6 Å². The van der Waals surface area contributed by atoms with Gasteiger partial charge in [-0.05, 0) is 22.6 Å². The van der Waals surface area contributed by atoms with Gasteiger partial charge in [0.1, 0.15) is 5.01 Å². The van der Waals surface area contributed by atoms with Crippen molar-refractivity contribution in [2.24, 2.45) is 21.7 Å². The fourth-order valence-corrected chi connectivity index (χ4v) is 4.37. The fourth-order valence-electron chi connectivity index (χ4n) is 1.68. The van der Waals surface area contributed by atoms with E-state index >= 15 is 0 Å². The molecular weight excluding hydrogens is 416 g/mol. The number of aromatic nitrogens is 1. The Labute approximate surface area is 167 Å². The minimum absolute atomic E-state index is 0.262. The fraction of sp³-hybridized carbons (Fsp3) is 0.400. The number of hydrogen-bond acceptors (Lipinski definition) is 8. The van der Waals surface area contributed by atoms with Crippen molar-refractivity contribution >= 4 is 56.7 Å². The van der Waals surface area contributed by atoms with Crippen LogP contribution in [0.25, 0.3) is 0 Å². The molecule has 0 radical (unpaired) electrons. The second-order valence-electron chi connectivity index (χ2n) is 5.57. The lowest BCUT2D eigenvalue weighted by Crippen LogP contribution is -2.30. The zero-order valence-corrected chi connectivity index (χ0v) is 17.5. The Hall–Kier alpha value is -1.33. The van der Waals surface area contributed by atoms with E-state index in [-0.39, 0.29) is 12.3 Å². The molecule has 144 valence electrons. The van der Waals surface area contributed by atoms with Crippen LogP contribution in [0.3, 0.4) is 0 Å². The van der Waals surface area contributed by atoms with Gasteiger partial charge < -0.3 is 20.0 Å². The third kappa shape index (κ3) is 8.86. The van der Waals surface area contributed by atoms with Gasteiger partial charge >= 0.3 is 0 Å². The summed E-state index contributed by atoms with van der Waals surface area (Å²) in [6.07, 6.45) is 2.45. The number of carbonyl (C=O) groups excluding carboxylic acids is 2. The van der Waals surface area contributed by atoms with Gasteiger partial charge in [0.05, 0.1) is 12.5 Å². The topological polar surface area (TPSA) is 128 Å². The minimum Gasteiger partial charge on any atom is -0.439 e. The second-order valence-corrected chi connectivity index (χ2v) is 9.27. The van der Waals surface area contributed by atoms with Gasteiger partial charge in [-0.15, -0.1) is 21.9 Å². The Kier molecular flexibility index (Phi) is 9.96. The van der Waals surface area contributed by atoms with Crippen LogP contribution >= 0.6 is 34.3 Å². The molecule has 0 fully saturated rings. The van der Waals surface area contributed by atoms with Crippen molar-refractivity contribution in [1.82, 2.24) is 4.98 Å². The molecule has 0 aromatic carbocycles. The van der Waals surface area contributed by atoms with Gasteiger partial charge in [0.15, 0.2) is 0 Å². The van der Waals surface area contributed by atoms with Crippen LogP contribution < -0.4 is 11.5 Å². The van der Waals surface area contributed by atoms with E-state index < -0.39 is 22.5 Å². The number of halogens is 1. The molecule has 2 rings (SSSR count). The van der Waals surface area contributed by atoms with Gasteiger partial charge in [0.2, 0.25) is 11.8 Å². The maximum Gasteiger partial charge on any atom is 0.239 e. The van der Waals surface area contributed by atoms with Crippen LogP contribution in [0.5, 0.6) is 0 Å². The molecule has 1 atom stereocenters. The van der Waals surface area contributed by atoms with Crippen LogP contribution in [-0.4, -0.2) is 22.8 Å². The normalized spacial score (nSPS) is 13.1. The highest BCUT2D eigenvalue weighted by Gasteiger charge is 2.12. The van der Waals surface area contributed by atoms with E-state index in [0.29, 0.717) is 21.6 Å². The molecular formula is C15H20ClN4O3S3-. The third-order valence-electron chi connectivity index (χ3n) is 2.74. The van der Waals surface area contributed by atoms with Gasteiger partial charge in [0, 0.05) is 22.0 Å². The molecule has 11 heteroatoms. The van der Waals surface area contributed by atoms with Crippen molar-refractivity contribution in [1.29, 1.82) is 0 Å². The summed E-state index contributed by atoms with van der Waals surface area (Å²) in [5, 5.41) is 4.73. The number of nitrogens with two attached hydrogens (primary N) is 2. The van der Waals surface area contributed by atoms with Crippen molar-refractivity contribution in [2.45, 2.75) is 36.9 Å². The average Bonchev–Trinajstić information content (AvgIpc) is 3.18. The Bertz CT molecular complexity index is 799. The van der Waals surface area contributed by atoms with Gasteiger partial charge in [-0.1, -0.05) is 25.4 Å². The molecule has 2 amide bonds. The van der Waals surface area contributed by atoms with Crippen molar-refractivity contribution in [3.05, 3.63) is 33.1 Å². The maximum atomic E-state index is 11.7. The van der Waals surface area contributed by atoms with Gasteiger partial charge in [-0.3, -0.25) is 9.59 Å². The van der Waals surface area contributed by atoms with E-state index in [1.807, 2.05) is 19.2 Å². The van der Waals surface area contributed by atoms with E-state index in [1.165, 1.54) is 28.7 Å². The summed E-state index contributed by atoms with van der Waals surface area (Å²) in [6.45, 7) is 3.92. The summed E-state index contributed by atoms with van der Waals surface area (Å²) in [5.74, 6) is -0.555. The van der Waals surface area contributed by atoms with Crippen LogP contribution in [0.1, 0.15) is 25.3 Å². The minimum atomic E-state index is -1.70. The van der Waals surface area contributed by atoms with E-state index in [2.05, 4.69) is 9.35 Å². The van der Waals surface area contributed by atoms with Crippen molar-refractivity contribution in [2.75, 3.05) is 0 Å². The highest BCUT2D eigenvalue weighted by molar-refractivity contribution is 7.78. The number of primary amides is 1. The molecule has 7 nitrogen and oxygen atoms in total. The smallest absolute Gasteiger partial charge is 0.239 e. The quantitative estimate of drug-likeness (QED) is 0.674. The molecule has 0 aliphatic rings. The first-order chi connectivity index (χ1) is 12.2. The highest BCUT2D eigenvalue weighted by Crippen LogP contribution is 2.21. The molecule has 2 aromatic heterocycles. The second kappa shape index (κ2) is 11.4. The number of carbonyl (C=O) groups is 2. The maximum absolute atomic E-state index is 11.7. The van der Waals surface area contributed by atoms with Gasteiger partial charge in [-0.2, -0.15) is 11.3 Å². The Balaban J connectivity index is 0.000000314. The number of nitrogens with zero attached hydrogens (tertiary/aromatic N) is 2. The van der Waals surface area contributed by atoms with Crippen LogP contribution in [0.2, 0.25) is 5.02 Å².